The second-order valence-corrected chi connectivity index (χ2v) is 6.44. The van der Waals surface area contributed by atoms with Gasteiger partial charge in [-0.15, -0.1) is 0 Å². The third-order valence-electron chi connectivity index (χ3n) is 2.25. The van der Waals surface area contributed by atoms with Crippen LogP contribution in [0.2, 0.25) is 0 Å². The normalized spacial score (nSPS) is 17.9. The monoisotopic (exact) mass is 268 g/mol. The van der Waals surface area contributed by atoms with Crippen LogP contribution in [0.1, 0.15) is 13.8 Å². The maximum Gasteiger partial charge on any atom is 0.315 e. The molecular formula is C8H17N2O6P. The number of hydrogen-bond donors (Lipinski definition) is 4. The van der Waals surface area contributed by atoms with E-state index >= 15 is 0 Å². The molecule has 0 aliphatic rings. The zero-order chi connectivity index (χ0) is 13.8. The van der Waals surface area contributed by atoms with E-state index in [0.29, 0.717) is 0 Å². The average Bonchev–Trinajstić information content (AvgIpc) is 2.21. The third kappa shape index (κ3) is 5.27. The van der Waals surface area contributed by atoms with Crippen molar-refractivity contribution in [3.8, 4) is 0 Å². The van der Waals surface area contributed by atoms with Crippen molar-refractivity contribution in [2.45, 2.75) is 19.6 Å². The van der Waals surface area contributed by atoms with Gasteiger partial charge in [-0.2, -0.15) is 0 Å². The molecule has 1 amide bonds. The van der Waals surface area contributed by atoms with Crippen molar-refractivity contribution in [1.82, 2.24) is 10.4 Å². The van der Waals surface area contributed by atoms with Gasteiger partial charge in [0.05, 0.1) is 12.5 Å². The van der Waals surface area contributed by atoms with Crippen LogP contribution in [-0.4, -0.2) is 51.3 Å². The summed E-state index contributed by atoms with van der Waals surface area (Å²) in [5.74, 6) is -4.55. The van der Waals surface area contributed by atoms with Gasteiger partial charge >= 0.3 is 5.97 Å². The number of nitrogens with zero attached hydrogens (tertiary/aromatic N) is 1. The smallest absolute Gasteiger partial charge is 0.315 e. The molecule has 0 aliphatic heterocycles. The van der Waals surface area contributed by atoms with Crippen LogP contribution in [0.3, 0.4) is 0 Å². The van der Waals surface area contributed by atoms with Gasteiger partial charge in [-0.1, -0.05) is 0 Å². The van der Waals surface area contributed by atoms with Gasteiger partial charge in [-0.3, -0.25) is 24.7 Å². The van der Waals surface area contributed by atoms with Crippen molar-refractivity contribution in [2.24, 2.45) is 5.92 Å². The van der Waals surface area contributed by atoms with Crippen LogP contribution in [0.15, 0.2) is 0 Å². The highest BCUT2D eigenvalue weighted by atomic mass is 31.2. The summed E-state index contributed by atoms with van der Waals surface area (Å²) in [6.45, 7) is 3.26. The Bertz CT molecular complexity index is 341. The van der Waals surface area contributed by atoms with Gasteiger partial charge < -0.3 is 10.00 Å². The Hall–Kier alpha value is -0.950. The number of carbonyl (C=O) groups is 2. The minimum Gasteiger partial charge on any atom is -0.481 e. The lowest BCUT2D eigenvalue weighted by atomic mass is 10.2. The third-order valence-corrected chi connectivity index (χ3v) is 3.87. The van der Waals surface area contributed by atoms with Crippen LogP contribution in [0.25, 0.3) is 0 Å². The Morgan fingerprint density at radius 3 is 2.24 bits per heavy atom. The maximum absolute atomic E-state index is 11.3. The zero-order valence-electron chi connectivity index (χ0n) is 9.82. The molecule has 0 heterocycles. The maximum atomic E-state index is 11.3. The minimum atomic E-state index is -3.36. The molecule has 0 aliphatic carbocycles. The molecule has 0 saturated carbocycles. The fourth-order valence-corrected chi connectivity index (χ4v) is 1.22. The molecule has 0 aromatic carbocycles. The van der Waals surface area contributed by atoms with Crippen LogP contribution in [0, 0.1) is 5.92 Å². The number of carbonyl (C=O) groups excluding carboxylic acids is 1. The van der Waals surface area contributed by atoms with E-state index in [1.807, 2.05) is 0 Å². The van der Waals surface area contributed by atoms with Gasteiger partial charge in [0.2, 0.25) is 7.37 Å². The van der Waals surface area contributed by atoms with Crippen molar-refractivity contribution in [3.05, 3.63) is 0 Å². The summed E-state index contributed by atoms with van der Waals surface area (Å²) in [4.78, 5) is 30.9. The molecule has 100 valence electrons. The minimum absolute atomic E-state index is 0.172. The first kappa shape index (κ1) is 16.1. The molecule has 3 atom stereocenters. The van der Waals surface area contributed by atoms with Gasteiger partial charge in [0, 0.05) is 6.66 Å². The summed E-state index contributed by atoms with van der Waals surface area (Å²) in [7, 11) is -3.36. The highest BCUT2D eigenvalue weighted by molar-refractivity contribution is 7.57. The molecule has 0 fully saturated rings. The van der Waals surface area contributed by atoms with Crippen molar-refractivity contribution in [2.75, 3.05) is 13.3 Å². The van der Waals surface area contributed by atoms with Crippen LogP contribution in [0.4, 0.5) is 0 Å². The molecule has 3 unspecified atom stereocenters. The van der Waals surface area contributed by atoms with E-state index in [4.69, 9.17) is 10.00 Å². The Morgan fingerprint density at radius 1 is 1.41 bits per heavy atom. The first-order valence-corrected chi connectivity index (χ1v) is 7.01. The second kappa shape index (κ2) is 6.11. The first-order chi connectivity index (χ1) is 7.57. The molecule has 9 heteroatoms. The van der Waals surface area contributed by atoms with Crippen molar-refractivity contribution in [1.29, 1.82) is 0 Å². The van der Waals surface area contributed by atoms with Crippen LogP contribution >= 0.6 is 7.37 Å². The van der Waals surface area contributed by atoms with Gasteiger partial charge in [0.1, 0.15) is 5.92 Å². The van der Waals surface area contributed by atoms with Crippen LogP contribution in [0.5, 0.6) is 0 Å². The molecular weight excluding hydrogens is 251 g/mol. The molecule has 8 nitrogen and oxygen atoms in total. The number of aliphatic carboxylic acids is 1. The van der Waals surface area contributed by atoms with Gasteiger partial charge in [-0.05, 0) is 13.8 Å². The number of carboxylic acid groups (broad SMARTS) is 1. The van der Waals surface area contributed by atoms with Gasteiger partial charge in [0.25, 0.3) is 5.91 Å². The Morgan fingerprint density at radius 2 is 1.88 bits per heavy atom. The van der Waals surface area contributed by atoms with Crippen LogP contribution < -0.4 is 5.32 Å². The summed E-state index contributed by atoms with van der Waals surface area (Å²) >= 11 is 0. The summed E-state index contributed by atoms with van der Waals surface area (Å²) in [5.41, 5.74) is 0. The topological polar surface area (TPSA) is 127 Å². The van der Waals surface area contributed by atoms with E-state index < -0.39 is 37.6 Å². The predicted molar refractivity (Wildman–Crippen MR) is 58.6 cm³/mol. The zero-order valence-corrected chi connectivity index (χ0v) is 10.7. The van der Waals surface area contributed by atoms with E-state index in [-0.39, 0.29) is 5.06 Å². The highest BCUT2D eigenvalue weighted by Gasteiger charge is 2.27. The van der Waals surface area contributed by atoms with Crippen LogP contribution in [-0.2, 0) is 14.2 Å². The molecule has 0 aromatic heterocycles. The fourth-order valence-electron chi connectivity index (χ4n) is 0.795. The average molecular weight is 268 g/mol. The van der Waals surface area contributed by atoms with E-state index in [2.05, 4.69) is 5.32 Å². The summed E-state index contributed by atoms with van der Waals surface area (Å²) in [6.07, 6.45) is 0. The molecule has 0 radical (unpaired) electrons. The van der Waals surface area contributed by atoms with Crippen molar-refractivity contribution >= 4 is 19.2 Å². The standard InChI is InChI=1S/C8H17N2O6P/c1-5(8(12)13)7(11)10(14)4-9-6(2)17(3,15)16/h5-6,9,14H,4H2,1-3H3,(H,12,13)(H,15,16). The van der Waals surface area contributed by atoms with Gasteiger partial charge in [-0.25, -0.2) is 5.06 Å². The molecule has 0 spiro atoms. The van der Waals surface area contributed by atoms with Crippen molar-refractivity contribution in [3.63, 3.8) is 0 Å². The Labute approximate surface area is 98.6 Å². The van der Waals surface area contributed by atoms with E-state index in [1.165, 1.54) is 6.92 Å². The second-order valence-electron chi connectivity index (χ2n) is 3.78. The van der Waals surface area contributed by atoms with Crippen molar-refractivity contribution < 1.29 is 29.4 Å². The first-order valence-electron chi connectivity index (χ1n) is 4.83. The number of carboxylic acids is 1. The Kier molecular flexibility index (Phi) is 5.77. The quantitative estimate of drug-likeness (QED) is 0.171. The van der Waals surface area contributed by atoms with E-state index in [9.17, 15) is 19.4 Å². The van der Waals surface area contributed by atoms with E-state index in [0.717, 1.165) is 13.6 Å². The molecule has 17 heavy (non-hydrogen) atoms. The number of rotatable bonds is 6. The van der Waals surface area contributed by atoms with Gasteiger partial charge in [0.15, 0.2) is 0 Å². The lowest BCUT2D eigenvalue weighted by molar-refractivity contribution is -0.175. The van der Waals surface area contributed by atoms with E-state index in [1.54, 1.807) is 0 Å². The Balaban J connectivity index is 4.29. The molecule has 0 rings (SSSR count). The lowest BCUT2D eigenvalue weighted by Gasteiger charge is -2.22. The number of hydrogen-bond acceptors (Lipinski definition) is 5. The number of amides is 1. The summed E-state index contributed by atoms with van der Waals surface area (Å²) < 4.78 is 11.2. The largest absolute Gasteiger partial charge is 0.481 e. The lowest BCUT2D eigenvalue weighted by Crippen LogP contribution is -2.43. The summed E-state index contributed by atoms with van der Waals surface area (Å²) in [6, 6.07) is 0. The molecule has 0 aromatic rings. The molecule has 4 N–H and O–H groups in total. The number of hydroxylamine groups is 2. The highest BCUT2D eigenvalue weighted by Crippen LogP contribution is 2.39. The predicted octanol–water partition coefficient (Wildman–Crippen LogP) is -0.282. The molecule has 0 saturated heterocycles. The molecule has 0 bridgehead atoms. The summed E-state index contributed by atoms with van der Waals surface area (Å²) in [5, 5.41) is 20.4. The fraction of sp³-hybridized carbons (Fsp3) is 0.750. The SMILES string of the molecule is CC(C(=O)O)C(=O)N(O)CNC(C)P(C)(=O)O. The number of nitrogens with one attached hydrogen (secondary N) is 1.